The highest BCUT2D eigenvalue weighted by Gasteiger charge is 2.16. The molecule has 0 rings (SSSR count). The number of likely N-dealkylation sites (N-methyl/N-ethyl adjacent to an activating group) is 1. The van der Waals surface area contributed by atoms with Crippen molar-refractivity contribution in [2.75, 3.05) is 27.2 Å². The molecular formula is C11H23N5O2. The summed E-state index contributed by atoms with van der Waals surface area (Å²) in [5.41, 5.74) is 10.4. The van der Waals surface area contributed by atoms with Crippen molar-refractivity contribution >= 4 is 17.6 Å². The van der Waals surface area contributed by atoms with Gasteiger partial charge >= 0.3 is 0 Å². The number of carbonyl (C=O) groups is 2. The van der Waals surface area contributed by atoms with Gasteiger partial charge in [-0.15, -0.1) is 0 Å². The molecule has 0 aliphatic rings. The van der Waals surface area contributed by atoms with Crippen LogP contribution >= 0.6 is 0 Å². The maximum absolute atomic E-state index is 11.5. The summed E-state index contributed by atoms with van der Waals surface area (Å²) in [5.74, 6) is -0.195. The average molecular weight is 257 g/mol. The Bertz CT molecular complexity index is 311. The number of amides is 1. The number of aliphatic imine (C=N–C) groups is 1. The Kier molecular flexibility index (Phi) is 7.69. The molecule has 0 spiro atoms. The lowest BCUT2D eigenvalue weighted by Gasteiger charge is -2.17. The Morgan fingerprint density at radius 1 is 1.33 bits per heavy atom. The molecule has 5 N–H and O–H groups in total. The predicted octanol–water partition coefficient (Wildman–Crippen LogP) is -1.32. The van der Waals surface area contributed by atoms with Crippen molar-refractivity contribution in [3.63, 3.8) is 0 Å². The largest absolute Gasteiger partial charge is 0.370 e. The molecule has 0 saturated heterocycles. The summed E-state index contributed by atoms with van der Waals surface area (Å²) in [7, 11) is 3.59. The van der Waals surface area contributed by atoms with E-state index in [4.69, 9.17) is 11.5 Å². The van der Waals surface area contributed by atoms with Crippen molar-refractivity contribution in [2.45, 2.75) is 25.8 Å². The topological polar surface area (TPSA) is 114 Å². The fraction of sp³-hybridized carbons (Fsp3) is 0.727. The molecule has 1 unspecified atom stereocenters. The van der Waals surface area contributed by atoms with E-state index in [1.807, 2.05) is 0 Å². The minimum absolute atomic E-state index is 0.0334. The first-order valence-electron chi connectivity index (χ1n) is 5.83. The van der Waals surface area contributed by atoms with Crippen LogP contribution in [0.1, 0.15) is 19.8 Å². The van der Waals surface area contributed by atoms with E-state index >= 15 is 0 Å². The molecule has 0 aliphatic carbocycles. The summed E-state index contributed by atoms with van der Waals surface area (Å²) >= 11 is 0. The van der Waals surface area contributed by atoms with E-state index in [0.717, 1.165) is 0 Å². The third kappa shape index (κ3) is 8.51. The van der Waals surface area contributed by atoms with Crippen molar-refractivity contribution in [3.8, 4) is 0 Å². The van der Waals surface area contributed by atoms with Gasteiger partial charge in [0.1, 0.15) is 0 Å². The van der Waals surface area contributed by atoms with Crippen LogP contribution in [-0.4, -0.2) is 55.8 Å². The second-order valence-electron chi connectivity index (χ2n) is 4.42. The highest BCUT2D eigenvalue weighted by atomic mass is 16.2. The molecule has 0 aliphatic heterocycles. The second-order valence-corrected chi connectivity index (χ2v) is 4.42. The minimum Gasteiger partial charge on any atom is -0.370 e. The molecule has 18 heavy (non-hydrogen) atoms. The Morgan fingerprint density at radius 2 is 1.94 bits per heavy atom. The van der Waals surface area contributed by atoms with E-state index in [9.17, 15) is 9.59 Å². The highest BCUT2D eigenvalue weighted by molar-refractivity contribution is 5.88. The van der Waals surface area contributed by atoms with Gasteiger partial charge in [0.25, 0.3) is 0 Å². The van der Waals surface area contributed by atoms with Crippen molar-refractivity contribution in [1.29, 1.82) is 0 Å². The molecule has 0 radical (unpaired) electrons. The van der Waals surface area contributed by atoms with Crippen molar-refractivity contribution in [1.82, 2.24) is 10.2 Å². The van der Waals surface area contributed by atoms with Crippen LogP contribution in [0.3, 0.4) is 0 Å². The third-order valence-corrected chi connectivity index (χ3v) is 2.23. The standard InChI is InChI=1S/C11H23N5O2/c1-8(17)9(5-4-6-14-11(12)13)15-10(18)7-16(2)3/h9H,4-7H2,1-3H3,(H,15,18)(H4,12,13,14). The second kappa shape index (κ2) is 8.46. The van der Waals surface area contributed by atoms with Gasteiger partial charge in [0.15, 0.2) is 11.7 Å². The van der Waals surface area contributed by atoms with Crippen LogP contribution < -0.4 is 16.8 Å². The predicted molar refractivity (Wildman–Crippen MR) is 71.1 cm³/mol. The normalized spacial score (nSPS) is 12.0. The number of nitrogens with two attached hydrogens (primary N) is 2. The average Bonchev–Trinajstić information content (AvgIpc) is 2.20. The fourth-order valence-corrected chi connectivity index (χ4v) is 1.41. The van der Waals surface area contributed by atoms with Crippen LogP contribution in [0.25, 0.3) is 0 Å². The van der Waals surface area contributed by atoms with Gasteiger partial charge in [-0.25, -0.2) is 0 Å². The first kappa shape index (κ1) is 16.4. The summed E-state index contributed by atoms with van der Waals surface area (Å²) in [6, 6.07) is -0.466. The maximum Gasteiger partial charge on any atom is 0.234 e. The summed E-state index contributed by atoms with van der Waals surface area (Å²) < 4.78 is 0. The van der Waals surface area contributed by atoms with Crippen molar-refractivity contribution < 1.29 is 9.59 Å². The number of guanidine groups is 1. The molecule has 0 heterocycles. The Labute approximate surface area is 108 Å². The Hall–Kier alpha value is -1.63. The van der Waals surface area contributed by atoms with Crippen LogP contribution in [0.15, 0.2) is 4.99 Å². The highest BCUT2D eigenvalue weighted by Crippen LogP contribution is 1.99. The molecule has 0 aromatic heterocycles. The molecule has 0 saturated carbocycles. The van der Waals surface area contributed by atoms with Crippen LogP contribution in [0.4, 0.5) is 0 Å². The first-order valence-corrected chi connectivity index (χ1v) is 5.83. The quantitative estimate of drug-likeness (QED) is 0.283. The summed E-state index contributed by atoms with van der Waals surface area (Å²) in [4.78, 5) is 28.5. The number of ketones is 1. The van der Waals surface area contributed by atoms with Gasteiger partial charge in [-0.1, -0.05) is 0 Å². The zero-order valence-electron chi connectivity index (χ0n) is 11.3. The van der Waals surface area contributed by atoms with Gasteiger partial charge in [-0.3, -0.25) is 14.6 Å². The van der Waals surface area contributed by atoms with Crippen molar-refractivity contribution in [3.05, 3.63) is 0 Å². The maximum atomic E-state index is 11.5. The first-order chi connectivity index (χ1) is 8.32. The van der Waals surface area contributed by atoms with Crippen LogP contribution in [-0.2, 0) is 9.59 Å². The van der Waals surface area contributed by atoms with Gasteiger partial charge in [-0.2, -0.15) is 0 Å². The van der Waals surface area contributed by atoms with E-state index in [0.29, 0.717) is 19.4 Å². The number of hydrogen-bond acceptors (Lipinski definition) is 4. The van der Waals surface area contributed by atoms with Crippen LogP contribution in [0.5, 0.6) is 0 Å². The third-order valence-electron chi connectivity index (χ3n) is 2.23. The van der Waals surface area contributed by atoms with Gasteiger partial charge in [-0.05, 0) is 33.9 Å². The molecule has 0 bridgehead atoms. The van der Waals surface area contributed by atoms with E-state index in [-0.39, 0.29) is 24.2 Å². The van der Waals surface area contributed by atoms with E-state index in [1.165, 1.54) is 6.92 Å². The van der Waals surface area contributed by atoms with E-state index in [1.54, 1.807) is 19.0 Å². The Morgan fingerprint density at radius 3 is 2.39 bits per heavy atom. The Balaban J connectivity index is 4.11. The number of nitrogens with zero attached hydrogens (tertiary/aromatic N) is 2. The van der Waals surface area contributed by atoms with E-state index in [2.05, 4.69) is 10.3 Å². The van der Waals surface area contributed by atoms with Crippen LogP contribution in [0.2, 0.25) is 0 Å². The smallest absolute Gasteiger partial charge is 0.234 e. The molecule has 104 valence electrons. The minimum atomic E-state index is -0.466. The zero-order chi connectivity index (χ0) is 14.1. The molecule has 1 amide bonds. The van der Waals surface area contributed by atoms with Gasteiger partial charge in [0, 0.05) is 6.54 Å². The number of carbonyl (C=O) groups excluding carboxylic acids is 2. The number of hydrogen-bond donors (Lipinski definition) is 3. The number of nitrogens with one attached hydrogen (secondary N) is 1. The zero-order valence-corrected chi connectivity index (χ0v) is 11.3. The lowest BCUT2D eigenvalue weighted by molar-refractivity contribution is -0.127. The van der Waals surface area contributed by atoms with Gasteiger partial charge < -0.3 is 21.7 Å². The lowest BCUT2D eigenvalue weighted by Crippen LogP contribution is -2.43. The van der Waals surface area contributed by atoms with Crippen LogP contribution in [0, 0.1) is 0 Å². The molecule has 0 fully saturated rings. The SMILES string of the molecule is CC(=O)C(CCCN=C(N)N)NC(=O)CN(C)C. The number of Topliss-reactive ketones (excluding diaryl/α,β-unsaturated/α-hetero) is 1. The number of rotatable bonds is 8. The summed E-state index contributed by atoms with van der Waals surface area (Å²) in [6.07, 6.45) is 1.18. The van der Waals surface area contributed by atoms with E-state index < -0.39 is 6.04 Å². The fourth-order valence-electron chi connectivity index (χ4n) is 1.41. The molecule has 7 nitrogen and oxygen atoms in total. The molecule has 1 atom stereocenters. The molecule has 0 aromatic rings. The molecular weight excluding hydrogens is 234 g/mol. The monoisotopic (exact) mass is 257 g/mol. The summed E-state index contributed by atoms with van der Waals surface area (Å²) in [6.45, 7) is 2.18. The lowest BCUT2D eigenvalue weighted by atomic mass is 10.1. The van der Waals surface area contributed by atoms with Gasteiger partial charge in [0.2, 0.25) is 5.91 Å². The molecule has 0 aromatic carbocycles. The van der Waals surface area contributed by atoms with Gasteiger partial charge in [0.05, 0.1) is 12.6 Å². The summed E-state index contributed by atoms with van der Waals surface area (Å²) in [5, 5.41) is 2.69. The van der Waals surface area contributed by atoms with Crippen molar-refractivity contribution in [2.24, 2.45) is 16.5 Å². The molecule has 7 heteroatoms.